The van der Waals surface area contributed by atoms with Gasteiger partial charge in [-0.2, -0.15) is 0 Å². The zero-order valence-corrected chi connectivity index (χ0v) is 15.4. The van der Waals surface area contributed by atoms with Gasteiger partial charge in [0.25, 0.3) is 5.91 Å². The molecule has 0 aliphatic carbocycles. The van der Waals surface area contributed by atoms with E-state index in [4.69, 9.17) is 11.6 Å². The van der Waals surface area contributed by atoms with Crippen LogP contribution < -0.4 is 16.0 Å². The number of anilines is 2. The molecule has 3 rings (SSSR count). The standard InChI is InChI=1S/C17H21ClN6O2/c1-10-16(22-23-24(10)13-5-7-19-8-6-13)17(26)21-15-9-12(18)3-4-14(15)20-11(2)25/h3-4,9,13,19H,5-8H2,1-2H3,(H,20,25)(H,21,26). The molecular formula is C17H21ClN6O2. The minimum Gasteiger partial charge on any atom is -0.325 e. The maximum atomic E-state index is 12.7. The second kappa shape index (κ2) is 7.84. The first-order valence-electron chi connectivity index (χ1n) is 8.46. The average molecular weight is 377 g/mol. The van der Waals surface area contributed by atoms with Crippen molar-refractivity contribution in [1.29, 1.82) is 0 Å². The lowest BCUT2D eigenvalue weighted by atomic mass is 10.1. The first kappa shape index (κ1) is 18.3. The van der Waals surface area contributed by atoms with Crippen molar-refractivity contribution in [1.82, 2.24) is 20.3 Å². The van der Waals surface area contributed by atoms with Gasteiger partial charge in [-0.25, -0.2) is 4.68 Å². The van der Waals surface area contributed by atoms with E-state index >= 15 is 0 Å². The van der Waals surface area contributed by atoms with E-state index in [1.807, 2.05) is 11.6 Å². The van der Waals surface area contributed by atoms with Gasteiger partial charge in [-0.1, -0.05) is 16.8 Å². The summed E-state index contributed by atoms with van der Waals surface area (Å²) >= 11 is 6.02. The first-order chi connectivity index (χ1) is 12.5. The molecule has 3 N–H and O–H groups in total. The Balaban J connectivity index is 1.81. The van der Waals surface area contributed by atoms with Gasteiger partial charge in [-0.05, 0) is 51.1 Å². The fourth-order valence-corrected chi connectivity index (χ4v) is 3.22. The molecule has 0 unspecified atom stereocenters. The molecule has 26 heavy (non-hydrogen) atoms. The smallest absolute Gasteiger partial charge is 0.278 e. The van der Waals surface area contributed by atoms with Crippen molar-refractivity contribution >= 4 is 34.8 Å². The molecule has 1 saturated heterocycles. The highest BCUT2D eigenvalue weighted by Crippen LogP contribution is 2.27. The third-order valence-corrected chi connectivity index (χ3v) is 4.57. The monoisotopic (exact) mass is 376 g/mol. The molecule has 2 amide bonds. The Kier molecular flexibility index (Phi) is 5.53. The van der Waals surface area contributed by atoms with Crippen molar-refractivity contribution < 1.29 is 9.59 Å². The molecule has 8 nitrogen and oxygen atoms in total. The quantitative estimate of drug-likeness (QED) is 0.760. The lowest BCUT2D eigenvalue weighted by molar-refractivity contribution is -0.114. The van der Waals surface area contributed by atoms with Gasteiger partial charge in [0.2, 0.25) is 5.91 Å². The van der Waals surface area contributed by atoms with E-state index in [0.717, 1.165) is 31.6 Å². The highest BCUT2D eigenvalue weighted by molar-refractivity contribution is 6.31. The number of aromatic nitrogens is 3. The van der Waals surface area contributed by atoms with E-state index in [1.165, 1.54) is 6.92 Å². The average Bonchev–Trinajstić information content (AvgIpc) is 2.99. The number of benzene rings is 1. The fraction of sp³-hybridized carbons (Fsp3) is 0.412. The second-order valence-electron chi connectivity index (χ2n) is 6.27. The van der Waals surface area contributed by atoms with Gasteiger partial charge in [0, 0.05) is 11.9 Å². The molecule has 0 atom stereocenters. The highest BCUT2D eigenvalue weighted by atomic mass is 35.5. The van der Waals surface area contributed by atoms with E-state index in [9.17, 15) is 9.59 Å². The van der Waals surface area contributed by atoms with E-state index in [-0.39, 0.29) is 17.6 Å². The van der Waals surface area contributed by atoms with Crippen LogP contribution in [0.25, 0.3) is 0 Å². The van der Waals surface area contributed by atoms with Gasteiger partial charge < -0.3 is 16.0 Å². The summed E-state index contributed by atoms with van der Waals surface area (Å²) < 4.78 is 1.82. The van der Waals surface area contributed by atoms with Crippen LogP contribution in [0.2, 0.25) is 5.02 Å². The predicted octanol–water partition coefficient (Wildman–Crippen LogP) is 2.38. The Bertz CT molecular complexity index is 829. The number of rotatable bonds is 4. The Labute approximate surface area is 156 Å². The molecule has 0 radical (unpaired) electrons. The third kappa shape index (κ3) is 4.03. The van der Waals surface area contributed by atoms with Gasteiger partial charge in [0.1, 0.15) is 0 Å². The highest BCUT2D eigenvalue weighted by Gasteiger charge is 2.23. The van der Waals surface area contributed by atoms with Crippen LogP contribution in [0, 0.1) is 6.92 Å². The van der Waals surface area contributed by atoms with Crippen LogP contribution in [0.3, 0.4) is 0 Å². The number of halogens is 1. The molecule has 0 bridgehead atoms. The first-order valence-corrected chi connectivity index (χ1v) is 8.84. The summed E-state index contributed by atoms with van der Waals surface area (Å²) in [5.41, 5.74) is 1.86. The van der Waals surface area contributed by atoms with Gasteiger partial charge in [-0.3, -0.25) is 9.59 Å². The topological polar surface area (TPSA) is 101 Å². The van der Waals surface area contributed by atoms with Crippen molar-refractivity contribution in [2.24, 2.45) is 0 Å². The molecule has 0 saturated carbocycles. The lowest BCUT2D eigenvalue weighted by Crippen LogP contribution is -2.30. The normalized spacial score (nSPS) is 14.9. The van der Waals surface area contributed by atoms with E-state index in [1.54, 1.807) is 18.2 Å². The molecular weight excluding hydrogens is 356 g/mol. The van der Waals surface area contributed by atoms with Crippen LogP contribution in [0.15, 0.2) is 18.2 Å². The van der Waals surface area contributed by atoms with Crippen LogP contribution in [0.1, 0.15) is 42.0 Å². The van der Waals surface area contributed by atoms with Crippen LogP contribution in [0.4, 0.5) is 11.4 Å². The zero-order valence-electron chi connectivity index (χ0n) is 14.7. The summed E-state index contributed by atoms with van der Waals surface area (Å²) in [6.45, 7) is 5.08. The fourth-order valence-electron chi connectivity index (χ4n) is 3.05. The van der Waals surface area contributed by atoms with Gasteiger partial charge in [-0.15, -0.1) is 5.10 Å². The Morgan fingerprint density at radius 2 is 1.96 bits per heavy atom. The SMILES string of the molecule is CC(=O)Nc1ccc(Cl)cc1NC(=O)c1nnn(C2CCNCC2)c1C. The van der Waals surface area contributed by atoms with Crippen molar-refractivity contribution in [2.45, 2.75) is 32.7 Å². The maximum Gasteiger partial charge on any atom is 0.278 e. The van der Waals surface area contributed by atoms with Crippen molar-refractivity contribution in [3.8, 4) is 0 Å². The number of hydrogen-bond donors (Lipinski definition) is 3. The summed E-state index contributed by atoms with van der Waals surface area (Å²) in [6.07, 6.45) is 1.90. The number of nitrogens with zero attached hydrogens (tertiary/aromatic N) is 3. The molecule has 1 aliphatic heterocycles. The van der Waals surface area contributed by atoms with E-state index < -0.39 is 5.91 Å². The zero-order chi connectivity index (χ0) is 18.7. The molecule has 9 heteroatoms. The van der Waals surface area contributed by atoms with Crippen LogP contribution in [-0.2, 0) is 4.79 Å². The second-order valence-corrected chi connectivity index (χ2v) is 6.71. The minimum absolute atomic E-state index is 0.240. The molecule has 2 aromatic rings. The van der Waals surface area contributed by atoms with Gasteiger partial charge in [0.15, 0.2) is 5.69 Å². The van der Waals surface area contributed by atoms with Crippen molar-refractivity contribution in [3.63, 3.8) is 0 Å². The molecule has 1 aliphatic rings. The Hall–Kier alpha value is -2.45. The molecule has 0 spiro atoms. The van der Waals surface area contributed by atoms with Crippen LogP contribution >= 0.6 is 11.6 Å². The van der Waals surface area contributed by atoms with Crippen molar-refractivity contribution in [3.05, 3.63) is 34.6 Å². The third-order valence-electron chi connectivity index (χ3n) is 4.34. The Morgan fingerprint density at radius 1 is 1.23 bits per heavy atom. The summed E-state index contributed by atoms with van der Waals surface area (Å²) in [6, 6.07) is 5.10. The van der Waals surface area contributed by atoms with Gasteiger partial charge in [0.05, 0.1) is 23.1 Å². The number of amides is 2. The lowest BCUT2D eigenvalue weighted by Gasteiger charge is -2.23. The Morgan fingerprint density at radius 3 is 2.65 bits per heavy atom. The van der Waals surface area contributed by atoms with Crippen LogP contribution in [0.5, 0.6) is 0 Å². The number of hydrogen-bond acceptors (Lipinski definition) is 5. The van der Waals surface area contributed by atoms with Crippen LogP contribution in [-0.4, -0.2) is 39.9 Å². The number of carbonyl (C=O) groups excluding carboxylic acids is 2. The molecule has 1 fully saturated rings. The number of carbonyl (C=O) groups is 2. The predicted molar refractivity (Wildman–Crippen MR) is 99.6 cm³/mol. The minimum atomic E-state index is -0.392. The molecule has 1 aromatic carbocycles. The maximum absolute atomic E-state index is 12.7. The van der Waals surface area contributed by atoms with E-state index in [0.29, 0.717) is 16.4 Å². The van der Waals surface area contributed by atoms with E-state index in [2.05, 4.69) is 26.3 Å². The molecule has 138 valence electrons. The molecule has 1 aromatic heterocycles. The van der Waals surface area contributed by atoms with Crippen molar-refractivity contribution in [2.75, 3.05) is 23.7 Å². The number of piperidine rings is 1. The number of nitrogens with one attached hydrogen (secondary N) is 3. The molecule has 2 heterocycles. The van der Waals surface area contributed by atoms with Gasteiger partial charge >= 0.3 is 0 Å². The summed E-state index contributed by atoms with van der Waals surface area (Å²) in [5.74, 6) is -0.632. The summed E-state index contributed by atoms with van der Waals surface area (Å²) in [5, 5.41) is 17.4. The largest absolute Gasteiger partial charge is 0.325 e. The summed E-state index contributed by atoms with van der Waals surface area (Å²) in [4.78, 5) is 24.0. The summed E-state index contributed by atoms with van der Waals surface area (Å²) in [7, 11) is 0.